The molecule has 0 aliphatic carbocycles. The fourth-order valence-electron chi connectivity index (χ4n) is 1.73. The molecule has 0 spiro atoms. The van der Waals surface area contributed by atoms with Crippen molar-refractivity contribution in [2.75, 3.05) is 27.2 Å². The first-order valence-corrected chi connectivity index (χ1v) is 4.62. The van der Waals surface area contributed by atoms with E-state index in [2.05, 4.69) is 0 Å². The number of carboxylic acid groups (broad SMARTS) is 1. The minimum Gasteiger partial charge on any atom is -0.481 e. The highest BCUT2D eigenvalue weighted by atomic mass is 16.4. The molecular formula is C9H16N2O3. The van der Waals surface area contributed by atoms with Crippen LogP contribution in [0, 0.1) is 11.8 Å². The van der Waals surface area contributed by atoms with Crippen molar-refractivity contribution in [2.24, 2.45) is 11.8 Å². The molecule has 0 aromatic heterocycles. The number of rotatable bonds is 1. The molecule has 5 heteroatoms. The highest BCUT2D eigenvalue weighted by Crippen LogP contribution is 2.23. The molecule has 1 aliphatic rings. The van der Waals surface area contributed by atoms with Crippen LogP contribution in [0.1, 0.15) is 6.92 Å². The second-order valence-corrected chi connectivity index (χ2v) is 4.00. The van der Waals surface area contributed by atoms with E-state index in [0.717, 1.165) is 0 Å². The zero-order chi connectivity index (χ0) is 10.9. The summed E-state index contributed by atoms with van der Waals surface area (Å²) < 4.78 is 0. The Balaban J connectivity index is 2.63. The third-order valence-corrected chi connectivity index (χ3v) is 2.58. The topological polar surface area (TPSA) is 60.9 Å². The van der Waals surface area contributed by atoms with Gasteiger partial charge in [0.15, 0.2) is 0 Å². The van der Waals surface area contributed by atoms with Crippen LogP contribution >= 0.6 is 0 Å². The number of hydrogen-bond donors (Lipinski definition) is 1. The lowest BCUT2D eigenvalue weighted by Crippen LogP contribution is -2.38. The highest BCUT2D eigenvalue weighted by molar-refractivity contribution is 5.77. The van der Waals surface area contributed by atoms with Gasteiger partial charge in [-0.1, -0.05) is 6.92 Å². The Morgan fingerprint density at radius 3 is 2.29 bits per heavy atom. The number of urea groups is 1. The minimum absolute atomic E-state index is 0.0383. The Labute approximate surface area is 83.3 Å². The highest BCUT2D eigenvalue weighted by Gasteiger charge is 2.37. The molecule has 1 heterocycles. The largest absolute Gasteiger partial charge is 0.481 e. The van der Waals surface area contributed by atoms with E-state index in [1.807, 2.05) is 6.92 Å². The Morgan fingerprint density at radius 2 is 1.93 bits per heavy atom. The number of carboxylic acids is 1. The predicted molar refractivity (Wildman–Crippen MR) is 50.9 cm³/mol. The molecule has 0 saturated carbocycles. The second kappa shape index (κ2) is 3.86. The molecule has 0 radical (unpaired) electrons. The van der Waals surface area contributed by atoms with E-state index in [1.54, 1.807) is 19.0 Å². The van der Waals surface area contributed by atoms with Crippen LogP contribution in [0.3, 0.4) is 0 Å². The summed E-state index contributed by atoms with van der Waals surface area (Å²) in [5.74, 6) is -1.19. The van der Waals surface area contributed by atoms with Crippen molar-refractivity contribution in [3.8, 4) is 0 Å². The summed E-state index contributed by atoms with van der Waals surface area (Å²) in [7, 11) is 3.34. The van der Waals surface area contributed by atoms with Crippen molar-refractivity contribution in [1.29, 1.82) is 0 Å². The molecule has 1 N–H and O–H groups in total. The van der Waals surface area contributed by atoms with Crippen molar-refractivity contribution >= 4 is 12.0 Å². The standard InChI is InChI=1S/C9H16N2O3/c1-6-4-11(9(14)10(2)3)5-7(6)8(12)13/h6-7H,4-5H2,1-3H3,(H,12,13). The lowest BCUT2D eigenvalue weighted by Gasteiger charge is -2.20. The molecule has 0 aromatic carbocycles. The van der Waals surface area contributed by atoms with Crippen LogP contribution in [0.4, 0.5) is 4.79 Å². The van der Waals surface area contributed by atoms with Gasteiger partial charge in [-0.25, -0.2) is 4.79 Å². The summed E-state index contributed by atoms with van der Waals surface area (Å²) >= 11 is 0. The third-order valence-electron chi connectivity index (χ3n) is 2.58. The number of carbonyl (C=O) groups excluding carboxylic acids is 1. The first kappa shape index (κ1) is 10.8. The number of amides is 2. The van der Waals surface area contributed by atoms with Crippen LogP contribution in [0.2, 0.25) is 0 Å². The van der Waals surface area contributed by atoms with Crippen LogP contribution in [-0.4, -0.2) is 54.1 Å². The summed E-state index contributed by atoms with van der Waals surface area (Å²) in [5, 5.41) is 8.87. The van der Waals surface area contributed by atoms with Crippen LogP contribution in [-0.2, 0) is 4.79 Å². The van der Waals surface area contributed by atoms with Gasteiger partial charge < -0.3 is 14.9 Å². The number of nitrogens with zero attached hydrogens (tertiary/aromatic N) is 2. The summed E-state index contributed by atoms with van der Waals surface area (Å²) in [4.78, 5) is 25.4. The maximum atomic E-state index is 11.5. The van der Waals surface area contributed by atoms with Gasteiger partial charge in [0.1, 0.15) is 0 Å². The van der Waals surface area contributed by atoms with E-state index >= 15 is 0 Å². The van der Waals surface area contributed by atoms with Gasteiger partial charge in [-0.15, -0.1) is 0 Å². The monoisotopic (exact) mass is 200 g/mol. The van der Waals surface area contributed by atoms with Gasteiger partial charge in [-0.2, -0.15) is 0 Å². The summed E-state index contributed by atoms with van der Waals surface area (Å²) in [6, 6.07) is -0.111. The fourth-order valence-corrected chi connectivity index (χ4v) is 1.73. The van der Waals surface area contributed by atoms with Crippen molar-refractivity contribution in [1.82, 2.24) is 9.80 Å². The van der Waals surface area contributed by atoms with Crippen molar-refractivity contribution in [2.45, 2.75) is 6.92 Å². The normalized spacial score (nSPS) is 26.4. The molecular weight excluding hydrogens is 184 g/mol. The van der Waals surface area contributed by atoms with Crippen molar-refractivity contribution < 1.29 is 14.7 Å². The van der Waals surface area contributed by atoms with E-state index in [0.29, 0.717) is 13.1 Å². The maximum Gasteiger partial charge on any atom is 0.319 e. The predicted octanol–water partition coefficient (Wildman–Crippen LogP) is 0.321. The van der Waals surface area contributed by atoms with Crippen LogP contribution in [0.25, 0.3) is 0 Å². The van der Waals surface area contributed by atoms with Crippen molar-refractivity contribution in [3.63, 3.8) is 0 Å². The second-order valence-electron chi connectivity index (χ2n) is 4.00. The van der Waals surface area contributed by atoms with E-state index < -0.39 is 11.9 Å². The van der Waals surface area contributed by atoms with Gasteiger partial charge in [0.25, 0.3) is 0 Å². The lowest BCUT2D eigenvalue weighted by atomic mass is 9.99. The van der Waals surface area contributed by atoms with Gasteiger partial charge in [0, 0.05) is 27.2 Å². The Bertz CT molecular complexity index is 252. The number of aliphatic carboxylic acids is 1. The van der Waals surface area contributed by atoms with Gasteiger partial charge in [0.2, 0.25) is 0 Å². The van der Waals surface area contributed by atoms with Gasteiger partial charge in [-0.05, 0) is 5.92 Å². The zero-order valence-corrected chi connectivity index (χ0v) is 8.73. The number of hydrogen-bond acceptors (Lipinski definition) is 2. The molecule has 0 bridgehead atoms. The van der Waals surface area contributed by atoms with E-state index in [9.17, 15) is 9.59 Å². The summed E-state index contributed by atoms with van der Waals surface area (Å²) in [5.41, 5.74) is 0. The average molecular weight is 200 g/mol. The third kappa shape index (κ3) is 1.97. The smallest absolute Gasteiger partial charge is 0.319 e. The molecule has 5 nitrogen and oxygen atoms in total. The molecule has 0 aromatic rings. The molecule has 80 valence electrons. The molecule has 2 unspecified atom stereocenters. The van der Waals surface area contributed by atoms with E-state index in [-0.39, 0.29) is 11.9 Å². The summed E-state index contributed by atoms with van der Waals surface area (Å²) in [6.45, 7) is 2.73. The molecule has 1 saturated heterocycles. The maximum absolute atomic E-state index is 11.5. The Morgan fingerprint density at radius 1 is 1.36 bits per heavy atom. The van der Waals surface area contributed by atoms with E-state index in [1.165, 1.54) is 4.90 Å². The number of carbonyl (C=O) groups is 2. The Kier molecular flexibility index (Phi) is 2.98. The van der Waals surface area contributed by atoms with Crippen molar-refractivity contribution in [3.05, 3.63) is 0 Å². The number of likely N-dealkylation sites (tertiary alicyclic amines) is 1. The molecule has 1 fully saturated rings. The molecule has 1 rings (SSSR count). The van der Waals surface area contributed by atoms with Gasteiger partial charge in [-0.3, -0.25) is 4.79 Å². The molecule has 1 aliphatic heterocycles. The summed E-state index contributed by atoms with van der Waals surface area (Å²) in [6.07, 6.45) is 0. The quantitative estimate of drug-likeness (QED) is 0.663. The fraction of sp³-hybridized carbons (Fsp3) is 0.778. The van der Waals surface area contributed by atoms with Crippen LogP contribution in [0.5, 0.6) is 0 Å². The molecule has 2 atom stereocenters. The van der Waals surface area contributed by atoms with Gasteiger partial charge in [0.05, 0.1) is 5.92 Å². The van der Waals surface area contributed by atoms with Gasteiger partial charge >= 0.3 is 12.0 Å². The lowest BCUT2D eigenvalue weighted by molar-refractivity contribution is -0.142. The first-order valence-electron chi connectivity index (χ1n) is 4.62. The zero-order valence-electron chi connectivity index (χ0n) is 8.73. The molecule has 2 amide bonds. The first-order chi connectivity index (χ1) is 6.43. The molecule has 14 heavy (non-hydrogen) atoms. The van der Waals surface area contributed by atoms with E-state index in [4.69, 9.17) is 5.11 Å². The van der Waals surface area contributed by atoms with Crippen LogP contribution < -0.4 is 0 Å². The SMILES string of the molecule is CC1CN(C(=O)N(C)C)CC1C(=O)O. The average Bonchev–Trinajstić information content (AvgIpc) is 2.45. The Hall–Kier alpha value is -1.26. The van der Waals surface area contributed by atoms with Crippen LogP contribution in [0.15, 0.2) is 0 Å². The minimum atomic E-state index is -0.813.